The van der Waals surface area contributed by atoms with Crippen LogP contribution in [0.4, 0.5) is 10.1 Å². The first-order valence-electron chi connectivity index (χ1n) is 11.4. The molecule has 1 aliphatic rings. The third kappa shape index (κ3) is 5.20. The molecule has 2 heterocycles. The Kier molecular flexibility index (Phi) is 6.52. The molecule has 1 N–H and O–H groups in total. The first-order valence-corrected chi connectivity index (χ1v) is 13.2. The number of carbonyl (C=O) groups is 1. The number of amides is 1. The molecule has 35 heavy (non-hydrogen) atoms. The second-order valence-electron chi connectivity index (χ2n) is 8.47. The number of carbonyl (C=O) groups excluding carboxylic acids is 1. The maximum absolute atomic E-state index is 13.4. The van der Waals surface area contributed by atoms with Gasteiger partial charge in [-0.25, -0.2) is 9.37 Å². The molecule has 180 valence electrons. The van der Waals surface area contributed by atoms with Gasteiger partial charge in [-0.05, 0) is 79.9 Å². The molecular weight excluding hydrogens is 468 g/mol. The van der Waals surface area contributed by atoms with Crippen LogP contribution in [0.5, 0.6) is 0 Å². The van der Waals surface area contributed by atoms with Gasteiger partial charge < -0.3 is 14.4 Å². The first kappa shape index (κ1) is 23.4. The molecule has 0 saturated carbocycles. The molecule has 0 aliphatic carbocycles. The van der Waals surface area contributed by atoms with Gasteiger partial charge in [0, 0.05) is 16.9 Å². The maximum atomic E-state index is 13.4. The molecular formula is C26H25FN3O4P. The number of anilines is 1. The molecule has 0 spiro atoms. The lowest BCUT2D eigenvalue weighted by molar-refractivity contribution is 0.102. The van der Waals surface area contributed by atoms with E-state index in [2.05, 4.69) is 10.3 Å². The topological polar surface area (TPSA) is 82.5 Å². The number of aryl methyl sites for hydroxylation is 1. The van der Waals surface area contributed by atoms with Gasteiger partial charge in [0.2, 0.25) is 0 Å². The lowest BCUT2D eigenvalue weighted by Crippen LogP contribution is -2.12. The van der Waals surface area contributed by atoms with Crippen LogP contribution in [0.2, 0.25) is 0 Å². The summed E-state index contributed by atoms with van der Waals surface area (Å²) in [7, 11) is -3.14. The number of nitrogens with zero attached hydrogens (tertiary/aromatic N) is 2. The van der Waals surface area contributed by atoms with Gasteiger partial charge in [-0.15, -0.1) is 0 Å². The van der Waals surface area contributed by atoms with Crippen LogP contribution in [-0.4, -0.2) is 28.7 Å². The van der Waals surface area contributed by atoms with Gasteiger partial charge in [0.1, 0.15) is 11.6 Å². The van der Waals surface area contributed by atoms with Crippen molar-refractivity contribution in [2.75, 3.05) is 18.5 Å². The number of fused-ring (bicyclic) bond motifs is 1. The highest BCUT2D eigenvalue weighted by Crippen LogP contribution is 2.52. The average molecular weight is 493 g/mol. The van der Waals surface area contributed by atoms with Crippen molar-refractivity contribution in [1.29, 1.82) is 0 Å². The standard InChI is InChI=1S/C26H25FN3O4P/c1-18-28-24-13-6-20(16-25(24)30(18)23-11-7-21(27)8-12-23)26(31)29-22-9-4-19(5-10-22)17-35(32)33-14-2-3-15-34-35/h4-13,16H,2-3,14-15,17H2,1H3,(H,29,31). The molecule has 0 atom stereocenters. The van der Waals surface area contributed by atoms with Gasteiger partial charge >= 0.3 is 7.60 Å². The van der Waals surface area contributed by atoms with Crippen molar-refractivity contribution in [2.45, 2.75) is 25.9 Å². The number of aromatic nitrogens is 2. The molecule has 0 radical (unpaired) electrons. The summed E-state index contributed by atoms with van der Waals surface area (Å²) in [5.74, 6) is 0.149. The number of benzene rings is 3. The Labute approximate surface area is 202 Å². The predicted molar refractivity (Wildman–Crippen MR) is 133 cm³/mol. The highest BCUT2D eigenvalue weighted by molar-refractivity contribution is 7.53. The van der Waals surface area contributed by atoms with E-state index in [1.165, 1.54) is 12.1 Å². The molecule has 7 nitrogen and oxygen atoms in total. The van der Waals surface area contributed by atoms with E-state index in [-0.39, 0.29) is 17.9 Å². The highest BCUT2D eigenvalue weighted by Gasteiger charge is 2.27. The molecule has 1 saturated heterocycles. The van der Waals surface area contributed by atoms with Gasteiger partial charge in [0.05, 0.1) is 30.4 Å². The van der Waals surface area contributed by atoms with Gasteiger partial charge in [-0.2, -0.15) is 0 Å². The number of hydrogen-bond acceptors (Lipinski definition) is 5. The van der Waals surface area contributed by atoms with Crippen LogP contribution < -0.4 is 5.32 Å². The summed E-state index contributed by atoms with van der Waals surface area (Å²) in [6, 6.07) is 18.6. The zero-order chi connectivity index (χ0) is 24.4. The molecule has 1 fully saturated rings. The molecule has 0 bridgehead atoms. The Morgan fingerprint density at radius 2 is 1.71 bits per heavy atom. The second kappa shape index (κ2) is 9.74. The number of imidazole rings is 1. The molecule has 4 aromatic rings. The number of hydrogen-bond donors (Lipinski definition) is 1. The van der Waals surface area contributed by atoms with E-state index in [1.807, 2.05) is 23.6 Å². The van der Waals surface area contributed by atoms with Crippen LogP contribution in [0.25, 0.3) is 16.7 Å². The largest absolute Gasteiger partial charge is 0.335 e. The van der Waals surface area contributed by atoms with E-state index in [0.717, 1.165) is 41.0 Å². The average Bonchev–Trinajstić information content (AvgIpc) is 3.02. The summed E-state index contributed by atoms with van der Waals surface area (Å²) in [6.45, 7) is 2.74. The summed E-state index contributed by atoms with van der Waals surface area (Å²) < 4.78 is 39.0. The fraction of sp³-hybridized carbons (Fsp3) is 0.231. The van der Waals surface area contributed by atoms with Crippen LogP contribution in [0.3, 0.4) is 0 Å². The normalized spacial score (nSPS) is 15.6. The summed E-state index contributed by atoms with van der Waals surface area (Å²) >= 11 is 0. The van der Waals surface area contributed by atoms with Crippen LogP contribution in [0.1, 0.15) is 34.6 Å². The van der Waals surface area contributed by atoms with Crippen molar-refractivity contribution >= 4 is 30.2 Å². The Hall–Kier alpha value is -3.32. The van der Waals surface area contributed by atoms with Crippen molar-refractivity contribution in [3.8, 4) is 5.69 Å². The summed E-state index contributed by atoms with van der Waals surface area (Å²) in [4.78, 5) is 17.5. The van der Waals surface area contributed by atoms with Gasteiger partial charge in [0.25, 0.3) is 5.91 Å². The lowest BCUT2D eigenvalue weighted by atomic mass is 10.1. The smallest absolute Gasteiger partial charge is 0.322 e. The number of halogens is 1. The van der Waals surface area contributed by atoms with Crippen LogP contribution in [0, 0.1) is 12.7 Å². The minimum absolute atomic E-state index is 0.199. The third-order valence-electron chi connectivity index (χ3n) is 5.87. The Morgan fingerprint density at radius 1 is 1.03 bits per heavy atom. The second-order valence-corrected chi connectivity index (χ2v) is 10.5. The van der Waals surface area contributed by atoms with Crippen LogP contribution in [-0.2, 0) is 19.8 Å². The van der Waals surface area contributed by atoms with Crippen LogP contribution in [0.15, 0.2) is 66.7 Å². The molecule has 5 rings (SSSR count). The van der Waals surface area contributed by atoms with Gasteiger partial charge in [-0.3, -0.25) is 13.9 Å². The van der Waals surface area contributed by atoms with Crippen molar-refractivity contribution in [3.05, 3.63) is 89.5 Å². The third-order valence-corrected chi connectivity index (χ3v) is 7.78. The first-order chi connectivity index (χ1) is 16.9. The fourth-order valence-electron chi connectivity index (χ4n) is 4.11. The molecule has 0 unspecified atom stereocenters. The van der Waals surface area contributed by atoms with Crippen molar-refractivity contribution in [1.82, 2.24) is 9.55 Å². The Morgan fingerprint density at radius 3 is 2.40 bits per heavy atom. The number of nitrogens with one attached hydrogen (secondary N) is 1. The number of rotatable bonds is 5. The molecule has 1 amide bonds. The van der Waals surface area contributed by atoms with E-state index in [0.29, 0.717) is 24.5 Å². The zero-order valence-electron chi connectivity index (χ0n) is 19.2. The van der Waals surface area contributed by atoms with E-state index in [4.69, 9.17) is 9.05 Å². The van der Waals surface area contributed by atoms with Crippen LogP contribution >= 0.6 is 7.60 Å². The Bertz CT molecular complexity index is 1410. The van der Waals surface area contributed by atoms with Crippen molar-refractivity contribution in [2.24, 2.45) is 0 Å². The summed E-state index contributed by atoms with van der Waals surface area (Å²) in [6.07, 6.45) is 1.88. The van der Waals surface area contributed by atoms with E-state index >= 15 is 0 Å². The minimum atomic E-state index is -3.14. The van der Waals surface area contributed by atoms with E-state index in [9.17, 15) is 13.8 Å². The highest BCUT2D eigenvalue weighted by atomic mass is 31.2. The maximum Gasteiger partial charge on any atom is 0.335 e. The van der Waals surface area contributed by atoms with Gasteiger partial charge in [0.15, 0.2) is 0 Å². The van der Waals surface area contributed by atoms with Gasteiger partial charge in [-0.1, -0.05) is 12.1 Å². The Balaban J connectivity index is 1.33. The lowest BCUT2D eigenvalue weighted by Gasteiger charge is -2.15. The SMILES string of the molecule is Cc1nc2ccc(C(=O)Nc3ccc(CP4(=O)OCCCCO4)cc3)cc2n1-c1ccc(F)cc1. The molecule has 1 aliphatic heterocycles. The summed E-state index contributed by atoms with van der Waals surface area (Å²) in [5, 5.41) is 2.90. The minimum Gasteiger partial charge on any atom is -0.322 e. The fourth-order valence-corrected chi connectivity index (χ4v) is 5.84. The van der Waals surface area contributed by atoms with Crippen molar-refractivity contribution in [3.63, 3.8) is 0 Å². The van der Waals surface area contributed by atoms with Crippen molar-refractivity contribution < 1.29 is 22.8 Å². The predicted octanol–water partition coefficient (Wildman–Crippen LogP) is 6.25. The zero-order valence-corrected chi connectivity index (χ0v) is 20.1. The molecule has 9 heteroatoms. The quantitative estimate of drug-likeness (QED) is 0.333. The van der Waals surface area contributed by atoms with E-state index in [1.54, 1.807) is 42.5 Å². The molecule has 3 aromatic carbocycles. The van der Waals surface area contributed by atoms with E-state index < -0.39 is 7.60 Å². The summed E-state index contributed by atoms with van der Waals surface area (Å²) in [5.41, 5.74) is 4.15. The monoisotopic (exact) mass is 493 g/mol. The molecule has 1 aromatic heterocycles.